The van der Waals surface area contributed by atoms with Gasteiger partial charge in [-0.05, 0) is 35.2 Å². The molecule has 0 unspecified atom stereocenters. The molecule has 0 fully saturated rings. The van der Waals surface area contributed by atoms with Gasteiger partial charge in [0, 0.05) is 14.4 Å². The molecule has 0 saturated heterocycles. The maximum Gasteiger partial charge on any atom is 0.0661 e. The summed E-state index contributed by atoms with van der Waals surface area (Å²) in [5.74, 6) is 0. The molecule has 2 aromatic rings. The number of nitrogens with two attached hydrogens (primary N) is 1. The summed E-state index contributed by atoms with van der Waals surface area (Å²) in [6.07, 6.45) is 0. The molecular formula is C11H9BrClNS. The number of thiophene rings is 1. The number of rotatable bonds is 2. The third kappa shape index (κ3) is 2.42. The Morgan fingerprint density at radius 3 is 2.80 bits per heavy atom. The van der Waals surface area contributed by atoms with Gasteiger partial charge in [0.25, 0.3) is 0 Å². The summed E-state index contributed by atoms with van der Waals surface area (Å²) in [6.45, 7) is 0. The first-order valence-corrected chi connectivity index (χ1v) is 6.47. The zero-order chi connectivity index (χ0) is 10.8. The van der Waals surface area contributed by atoms with E-state index >= 15 is 0 Å². The zero-order valence-corrected chi connectivity index (χ0v) is 10.9. The monoisotopic (exact) mass is 301 g/mol. The van der Waals surface area contributed by atoms with Crippen LogP contribution in [0.2, 0.25) is 5.02 Å². The van der Waals surface area contributed by atoms with Crippen LogP contribution in [-0.4, -0.2) is 0 Å². The first-order valence-electron chi connectivity index (χ1n) is 4.42. The largest absolute Gasteiger partial charge is 0.320 e. The molecule has 15 heavy (non-hydrogen) atoms. The molecule has 0 amide bonds. The van der Waals surface area contributed by atoms with Crippen LogP contribution in [0.1, 0.15) is 16.5 Å². The normalized spacial score (nSPS) is 12.7. The molecule has 1 aromatic carbocycles. The van der Waals surface area contributed by atoms with Gasteiger partial charge in [0.2, 0.25) is 0 Å². The Kier molecular flexibility index (Phi) is 3.46. The van der Waals surface area contributed by atoms with Gasteiger partial charge in [-0.1, -0.05) is 33.6 Å². The van der Waals surface area contributed by atoms with Gasteiger partial charge in [0.15, 0.2) is 0 Å². The molecule has 78 valence electrons. The molecule has 2 rings (SSSR count). The third-order valence-corrected chi connectivity index (χ3v) is 3.94. The lowest BCUT2D eigenvalue weighted by Crippen LogP contribution is -2.10. The Bertz CT molecular complexity index is 456. The summed E-state index contributed by atoms with van der Waals surface area (Å²) < 4.78 is 0.994. The highest BCUT2D eigenvalue weighted by molar-refractivity contribution is 9.10. The summed E-state index contributed by atoms with van der Waals surface area (Å²) in [6, 6.07) is 9.60. The lowest BCUT2D eigenvalue weighted by Gasteiger charge is -2.12. The summed E-state index contributed by atoms with van der Waals surface area (Å²) in [5.41, 5.74) is 7.09. The average molecular weight is 303 g/mol. The van der Waals surface area contributed by atoms with Gasteiger partial charge < -0.3 is 5.73 Å². The molecule has 0 radical (unpaired) electrons. The minimum Gasteiger partial charge on any atom is -0.320 e. The van der Waals surface area contributed by atoms with E-state index in [2.05, 4.69) is 15.9 Å². The minimum atomic E-state index is -0.144. The fourth-order valence-electron chi connectivity index (χ4n) is 1.37. The van der Waals surface area contributed by atoms with E-state index in [1.807, 2.05) is 35.7 Å². The van der Waals surface area contributed by atoms with Crippen LogP contribution >= 0.6 is 38.9 Å². The van der Waals surface area contributed by atoms with Crippen LogP contribution in [0.4, 0.5) is 0 Å². The van der Waals surface area contributed by atoms with Crippen LogP contribution in [0.3, 0.4) is 0 Å². The van der Waals surface area contributed by atoms with E-state index in [0.29, 0.717) is 5.02 Å². The van der Waals surface area contributed by atoms with Crippen molar-refractivity contribution < 1.29 is 0 Å². The quantitative estimate of drug-likeness (QED) is 0.883. The predicted octanol–water partition coefficient (Wildman–Crippen LogP) is 4.21. The molecule has 1 heterocycles. The van der Waals surface area contributed by atoms with Crippen LogP contribution in [0.5, 0.6) is 0 Å². The van der Waals surface area contributed by atoms with Gasteiger partial charge in [-0.15, -0.1) is 11.3 Å². The maximum atomic E-state index is 6.14. The van der Waals surface area contributed by atoms with E-state index in [1.54, 1.807) is 11.3 Å². The standard InChI is InChI=1S/C11H9BrClNS/c12-7-3-4-9(13)8(6-7)11(14)10-2-1-5-15-10/h1-6,11H,14H2/t11-/m0/s1. The summed E-state index contributed by atoms with van der Waals surface area (Å²) >= 11 is 11.2. The van der Waals surface area contributed by atoms with Gasteiger partial charge in [-0.3, -0.25) is 0 Å². The number of hydrogen-bond acceptors (Lipinski definition) is 2. The molecule has 1 aromatic heterocycles. The predicted molar refractivity (Wildman–Crippen MR) is 69.5 cm³/mol. The van der Waals surface area contributed by atoms with Crippen molar-refractivity contribution in [2.45, 2.75) is 6.04 Å². The molecule has 0 bridgehead atoms. The lowest BCUT2D eigenvalue weighted by atomic mass is 10.1. The molecule has 0 aliphatic heterocycles. The van der Waals surface area contributed by atoms with Crippen molar-refractivity contribution in [1.82, 2.24) is 0 Å². The number of hydrogen-bond donors (Lipinski definition) is 1. The van der Waals surface area contributed by atoms with Crippen molar-refractivity contribution in [2.24, 2.45) is 5.73 Å². The van der Waals surface area contributed by atoms with Crippen LogP contribution in [0.15, 0.2) is 40.2 Å². The van der Waals surface area contributed by atoms with Crippen molar-refractivity contribution in [3.63, 3.8) is 0 Å². The number of benzene rings is 1. The van der Waals surface area contributed by atoms with Crippen LogP contribution in [0.25, 0.3) is 0 Å². The summed E-state index contributed by atoms with van der Waals surface area (Å²) in [5, 5.41) is 2.72. The smallest absolute Gasteiger partial charge is 0.0661 e. The highest BCUT2D eigenvalue weighted by Crippen LogP contribution is 2.30. The van der Waals surface area contributed by atoms with Gasteiger partial charge in [-0.2, -0.15) is 0 Å². The van der Waals surface area contributed by atoms with Crippen molar-refractivity contribution in [1.29, 1.82) is 0 Å². The first-order chi connectivity index (χ1) is 7.18. The fraction of sp³-hybridized carbons (Fsp3) is 0.0909. The topological polar surface area (TPSA) is 26.0 Å². The maximum absolute atomic E-state index is 6.14. The Morgan fingerprint density at radius 2 is 2.13 bits per heavy atom. The summed E-state index contributed by atoms with van der Waals surface area (Å²) in [7, 11) is 0. The SMILES string of the molecule is N[C@H](c1cccs1)c1cc(Br)ccc1Cl. The second-order valence-corrected chi connectivity index (χ2v) is 5.46. The van der Waals surface area contributed by atoms with E-state index in [4.69, 9.17) is 17.3 Å². The molecular weight excluding hydrogens is 294 g/mol. The molecule has 0 aliphatic carbocycles. The van der Waals surface area contributed by atoms with Crippen LogP contribution in [0, 0.1) is 0 Å². The average Bonchev–Trinajstić information content (AvgIpc) is 2.74. The molecule has 0 saturated carbocycles. The van der Waals surface area contributed by atoms with E-state index in [1.165, 1.54) is 0 Å². The van der Waals surface area contributed by atoms with Crippen LogP contribution < -0.4 is 5.73 Å². The van der Waals surface area contributed by atoms with E-state index in [-0.39, 0.29) is 6.04 Å². The Morgan fingerprint density at radius 1 is 1.33 bits per heavy atom. The van der Waals surface area contributed by atoms with E-state index < -0.39 is 0 Å². The zero-order valence-electron chi connectivity index (χ0n) is 7.78. The lowest BCUT2D eigenvalue weighted by molar-refractivity contribution is 0.893. The third-order valence-electron chi connectivity index (χ3n) is 2.14. The van der Waals surface area contributed by atoms with Gasteiger partial charge in [0.1, 0.15) is 0 Å². The van der Waals surface area contributed by atoms with E-state index in [0.717, 1.165) is 14.9 Å². The Balaban J connectivity index is 2.41. The molecule has 2 N–H and O–H groups in total. The van der Waals surface area contributed by atoms with Crippen molar-refractivity contribution in [3.8, 4) is 0 Å². The summed E-state index contributed by atoms with van der Waals surface area (Å²) in [4.78, 5) is 1.12. The Hall–Kier alpha value is -0.350. The number of halogens is 2. The van der Waals surface area contributed by atoms with E-state index in [9.17, 15) is 0 Å². The van der Waals surface area contributed by atoms with Gasteiger partial charge >= 0.3 is 0 Å². The van der Waals surface area contributed by atoms with Gasteiger partial charge in [-0.25, -0.2) is 0 Å². The fourth-order valence-corrected chi connectivity index (χ4v) is 2.73. The molecule has 1 nitrogen and oxygen atoms in total. The molecule has 0 aliphatic rings. The van der Waals surface area contributed by atoms with Crippen LogP contribution in [-0.2, 0) is 0 Å². The van der Waals surface area contributed by atoms with Gasteiger partial charge in [0.05, 0.1) is 6.04 Å². The second-order valence-electron chi connectivity index (χ2n) is 3.16. The Labute approximate surface area is 106 Å². The molecule has 4 heteroatoms. The van der Waals surface area contributed by atoms with Crippen molar-refractivity contribution >= 4 is 38.9 Å². The highest BCUT2D eigenvalue weighted by Gasteiger charge is 2.13. The first kappa shape index (κ1) is 11.1. The van der Waals surface area contributed by atoms with Crippen molar-refractivity contribution in [2.75, 3.05) is 0 Å². The van der Waals surface area contributed by atoms with Crippen molar-refractivity contribution in [3.05, 3.63) is 55.6 Å². The molecule has 1 atom stereocenters. The minimum absolute atomic E-state index is 0.144. The highest BCUT2D eigenvalue weighted by atomic mass is 79.9. The molecule has 0 spiro atoms. The second kappa shape index (κ2) is 4.66.